The third-order valence-corrected chi connectivity index (χ3v) is 20.9. The lowest BCUT2D eigenvalue weighted by atomic mass is 9.85. The predicted octanol–water partition coefficient (Wildman–Crippen LogP) is 10.1. The van der Waals surface area contributed by atoms with Crippen LogP contribution in [-0.4, -0.2) is 343 Å². The van der Waals surface area contributed by atoms with E-state index in [4.69, 9.17) is 169 Å². The Labute approximate surface area is 714 Å². The van der Waals surface area contributed by atoms with Gasteiger partial charge >= 0.3 is 0 Å². The molecule has 40 heteroatoms. The molecule has 0 radical (unpaired) electrons. The number of hydrogen-bond acceptors (Lipinski definition) is 29. The number of azide groups is 2. The maximum atomic E-state index is 13.2. The topological polar surface area (TPSA) is 383 Å². The molecule has 117 heavy (non-hydrogen) atoms. The Kier molecular flexibility index (Phi) is 62.4. The Morgan fingerprint density at radius 2 is 0.632 bits per heavy atom. The number of benzene rings is 4. The largest absolute Gasteiger partial charge is 0.379 e. The van der Waals surface area contributed by atoms with E-state index in [1.54, 1.807) is 42.5 Å². The van der Waals surface area contributed by atoms with Crippen LogP contribution >= 0.6 is 57.1 Å². The summed E-state index contributed by atoms with van der Waals surface area (Å²) in [6, 6.07) is 21.2. The van der Waals surface area contributed by atoms with E-state index in [2.05, 4.69) is 29.9 Å². The van der Waals surface area contributed by atoms with Crippen molar-refractivity contribution in [3.63, 3.8) is 0 Å². The Bertz CT molecular complexity index is 3560. The molecule has 664 valence electrons. The highest BCUT2D eigenvalue weighted by atomic mass is 35.7. The number of nitrogens with zero attached hydrogens (tertiary/aromatic N) is 8. The first-order chi connectivity index (χ1) is 57.0. The molecule has 33 nitrogen and oxygen atoms in total. The van der Waals surface area contributed by atoms with E-state index in [1.807, 2.05) is 38.4 Å². The fourth-order valence-corrected chi connectivity index (χ4v) is 14.4. The molecule has 0 spiro atoms. The van der Waals surface area contributed by atoms with Crippen molar-refractivity contribution in [3.8, 4) is 0 Å². The van der Waals surface area contributed by atoms with Gasteiger partial charge in [-0.3, -0.25) is 0 Å². The highest BCUT2D eigenvalue weighted by Gasteiger charge is 2.30. The van der Waals surface area contributed by atoms with Gasteiger partial charge in [-0.05, 0) is 113 Å². The van der Waals surface area contributed by atoms with Gasteiger partial charge in [-0.25, -0.2) is 16.8 Å². The van der Waals surface area contributed by atoms with Crippen LogP contribution in [0.1, 0.15) is 51.6 Å². The van der Waals surface area contributed by atoms with Gasteiger partial charge < -0.3 is 110 Å². The zero-order valence-electron chi connectivity index (χ0n) is 67.4. The summed E-state index contributed by atoms with van der Waals surface area (Å²) in [5, 5.41) is 9.14. The average molecular weight is 1800 g/mol. The molecule has 6 rings (SSSR count). The van der Waals surface area contributed by atoms with Gasteiger partial charge in [0.15, 0.2) is 9.84 Å². The van der Waals surface area contributed by atoms with Gasteiger partial charge in [-0.2, -0.15) is 0 Å². The first kappa shape index (κ1) is 105. The molecule has 0 saturated carbocycles. The second-order valence-corrected chi connectivity index (χ2v) is 32.0. The standard InChI is InChI=1S/C39H60Cl2N4O12S.C22H46N4O10.C16H14Cl3NO2S/c1-45-31-37(36-29-34(40)30-39(41)38(36)32-45)33-4-2-5-35(28-33)58(46,47)27-3-7-48-9-11-50-13-15-52-17-19-54-21-23-56-25-26-57-24-22-55-20-18-53-16-14-51-12-10-49-8-6-43-44-42;23-1-3-27-5-7-29-9-11-31-13-15-33-17-19-35-21-22-36-20-18-34-16-14-32-12-10-30-8-6-28-4-2-25-26-24;1-20-8-14(10-3-2-4-12(5-10)23(19,21)22)13-6-11(17)7-16(18)15(13)9-20/h2,4-5,28-30,37H,3,6-27,31-32H2,1H3;1-23H2;2-7,14H,8-9H2,1H3. The molecule has 2 N–H and O–H groups in total. The molecule has 0 aliphatic carbocycles. The van der Waals surface area contributed by atoms with Crippen molar-refractivity contribution in [1.82, 2.24) is 9.80 Å². The van der Waals surface area contributed by atoms with Crippen molar-refractivity contribution < 1.29 is 112 Å². The van der Waals surface area contributed by atoms with E-state index in [0.717, 1.165) is 53.0 Å². The van der Waals surface area contributed by atoms with Gasteiger partial charge in [-0.1, -0.05) is 80.9 Å². The molecule has 0 saturated heterocycles. The lowest BCUT2D eigenvalue weighted by Gasteiger charge is -2.33. The minimum atomic E-state index is -3.76. The molecule has 0 bridgehead atoms. The normalized spacial score (nSPS) is 14.3. The van der Waals surface area contributed by atoms with Crippen molar-refractivity contribution in [2.45, 2.75) is 41.1 Å². The predicted molar refractivity (Wildman–Crippen MR) is 445 cm³/mol. The van der Waals surface area contributed by atoms with Crippen LogP contribution in [0, 0.1) is 0 Å². The van der Waals surface area contributed by atoms with E-state index >= 15 is 0 Å². The molecule has 2 unspecified atom stereocenters. The summed E-state index contributed by atoms with van der Waals surface area (Å²) in [5.74, 6) is -0.0660. The number of rotatable bonds is 70. The fraction of sp³-hybridized carbons (Fsp3) is 0.688. The number of ether oxygens (including phenoxy) is 20. The van der Waals surface area contributed by atoms with Gasteiger partial charge in [0.05, 0.1) is 273 Å². The van der Waals surface area contributed by atoms with Crippen LogP contribution in [0.3, 0.4) is 0 Å². The van der Waals surface area contributed by atoms with E-state index in [0.29, 0.717) is 322 Å². The molecule has 2 heterocycles. The highest BCUT2D eigenvalue weighted by Crippen LogP contribution is 2.41. The van der Waals surface area contributed by atoms with E-state index < -0.39 is 18.9 Å². The second kappa shape index (κ2) is 69.3. The quantitative estimate of drug-likeness (QED) is 0.0141. The van der Waals surface area contributed by atoms with Crippen LogP contribution in [0.25, 0.3) is 20.9 Å². The lowest BCUT2D eigenvalue weighted by Crippen LogP contribution is -2.31. The Balaban J connectivity index is 0.000000412. The molecular weight excluding hydrogens is 1680 g/mol. The van der Waals surface area contributed by atoms with E-state index in [1.165, 1.54) is 6.07 Å². The second-order valence-electron chi connectivity index (χ2n) is 25.6. The highest BCUT2D eigenvalue weighted by molar-refractivity contribution is 8.13. The summed E-state index contributed by atoms with van der Waals surface area (Å²) in [6.45, 7) is 23.1. The molecule has 0 aromatic heterocycles. The summed E-state index contributed by atoms with van der Waals surface area (Å²) in [4.78, 5) is 10.0. The van der Waals surface area contributed by atoms with Crippen molar-refractivity contribution in [2.75, 3.05) is 317 Å². The number of sulfone groups is 1. The molecule has 2 aliphatic rings. The summed E-state index contributed by atoms with van der Waals surface area (Å²) >= 11 is 25.3. The maximum absolute atomic E-state index is 13.2. The SMILES string of the molecule is CN1Cc2c(Cl)cc(Cl)cc2C(c2cccc(S(=O)(=O)CCCOCCOCCOCCOCCOCCOCCOCCOCCOCCOCCN=[N+]=[N-])c2)C1.CN1Cc2c(Cl)cc(Cl)cc2C(c2cccc(S(=O)(=O)Cl)c2)C1.[N-]=[N+]=NCCOCCOCCOCCOCCOCCOCCOCCOCCOCCOCCN. The van der Waals surface area contributed by atoms with Crippen LogP contribution in [0.15, 0.2) is 92.8 Å². The smallest absolute Gasteiger partial charge is 0.261 e. The van der Waals surface area contributed by atoms with E-state index in [9.17, 15) is 16.8 Å². The molecule has 4 aromatic rings. The van der Waals surface area contributed by atoms with Crippen LogP contribution in [0.5, 0.6) is 0 Å². The summed E-state index contributed by atoms with van der Waals surface area (Å²) < 4.78 is 158. The molecule has 0 fully saturated rings. The molecule has 0 amide bonds. The zero-order valence-corrected chi connectivity index (χ0v) is 72.8. The maximum Gasteiger partial charge on any atom is 0.261 e. The number of hydrogen-bond donors (Lipinski definition) is 1. The van der Waals surface area contributed by atoms with Crippen LogP contribution in [-0.2, 0) is 127 Å². The summed E-state index contributed by atoms with van der Waals surface area (Å²) in [7, 11) is 2.24. The number of halogens is 5. The van der Waals surface area contributed by atoms with Crippen molar-refractivity contribution in [2.24, 2.45) is 16.0 Å². The van der Waals surface area contributed by atoms with Gasteiger partial charge in [0.2, 0.25) is 0 Å². The van der Waals surface area contributed by atoms with E-state index in [-0.39, 0.29) is 22.5 Å². The Morgan fingerprint density at radius 3 is 0.906 bits per heavy atom. The van der Waals surface area contributed by atoms with Gasteiger partial charge in [0.1, 0.15) is 0 Å². The Morgan fingerprint density at radius 1 is 0.376 bits per heavy atom. The molecule has 4 aromatic carbocycles. The van der Waals surface area contributed by atoms with Crippen molar-refractivity contribution in [3.05, 3.63) is 147 Å². The van der Waals surface area contributed by atoms with Crippen LogP contribution < -0.4 is 5.73 Å². The third-order valence-electron chi connectivity index (χ3n) is 16.6. The fourth-order valence-electron chi connectivity index (χ4n) is 11.1. The minimum Gasteiger partial charge on any atom is -0.379 e. The number of likely N-dealkylation sites (N-methyl/N-ethyl adjacent to an activating group) is 2. The van der Waals surface area contributed by atoms with Crippen molar-refractivity contribution in [1.29, 1.82) is 0 Å². The summed E-state index contributed by atoms with van der Waals surface area (Å²) in [5.41, 5.74) is 27.5. The molecular formula is C77H120Cl5N9O24S2. The zero-order chi connectivity index (χ0) is 84.3. The van der Waals surface area contributed by atoms with Gasteiger partial charge in [0, 0.05) is 105 Å². The number of nitrogens with two attached hydrogens (primary N) is 1. The van der Waals surface area contributed by atoms with Gasteiger partial charge in [-0.15, -0.1) is 0 Å². The third kappa shape index (κ3) is 51.6. The summed E-state index contributed by atoms with van der Waals surface area (Å²) in [6.07, 6.45) is 0.378. The first-order valence-electron chi connectivity index (χ1n) is 39.0. The monoisotopic (exact) mass is 1790 g/mol. The first-order valence-corrected chi connectivity index (χ1v) is 44.4. The van der Waals surface area contributed by atoms with Gasteiger partial charge in [0.25, 0.3) is 9.05 Å². The lowest BCUT2D eigenvalue weighted by molar-refractivity contribution is -0.0263. The Hall–Kier alpha value is -4.07. The molecule has 2 aliphatic heterocycles. The average Bonchev–Trinajstić information content (AvgIpc) is 0.779. The van der Waals surface area contributed by atoms with Crippen LogP contribution in [0.4, 0.5) is 0 Å². The molecule has 2 atom stereocenters. The van der Waals surface area contributed by atoms with Crippen molar-refractivity contribution >= 4 is 76.0 Å². The number of fused-ring (bicyclic) bond motifs is 2. The van der Waals surface area contributed by atoms with Crippen LogP contribution in [0.2, 0.25) is 20.1 Å². The minimum absolute atomic E-state index is 0.0114.